The smallest absolute Gasteiger partial charge is 0.253 e. The number of hydrogen-bond donors (Lipinski definition) is 4. The van der Waals surface area contributed by atoms with Gasteiger partial charge in [-0.05, 0) is 72.8 Å². The van der Waals surface area contributed by atoms with E-state index < -0.39 is 0 Å². The summed E-state index contributed by atoms with van der Waals surface area (Å²) < 4.78 is 15.0. The van der Waals surface area contributed by atoms with Crippen LogP contribution in [0.15, 0.2) is 41.7 Å². The van der Waals surface area contributed by atoms with Crippen LogP contribution < -0.4 is 16.0 Å². The summed E-state index contributed by atoms with van der Waals surface area (Å²) >= 11 is 2.05. The molecule has 0 saturated heterocycles. The number of hydrogen-bond acceptors (Lipinski definition) is 4. The van der Waals surface area contributed by atoms with E-state index in [0.29, 0.717) is 23.5 Å². The molecule has 3 rings (SSSR count). The average Bonchev–Trinajstić information content (AvgIpc) is 3.37. The second kappa shape index (κ2) is 7.33. The highest BCUT2D eigenvalue weighted by atomic mass is 127. The highest BCUT2D eigenvalue weighted by Crippen LogP contribution is 2.44. The Labute approximate surface area is 159 Å². The molecule has 1 amide bonds. The molecule has 1 aromatic rings. The maximum Gasteiger partial charge on any atom is 0.253 e. The topological polar surface area (TPSA) is 73.4 Å². The van der Waals surface area contributed by atoms with Crippen LogP contribution in [0.5, 0.6) is 0 Å². The average molecular weight is 457 g/mol. The Bertz CT molecular complexity index is 744. The largest absolute Gasteiger partial charge is 0.396 e. The van der Waals surface area contributed by atoms with Gasteiger partial charge in [0, 0.05) is 15.5 Å². The van der Waals surface area contributed by atoms with Crippen LogP contribution >= 0.6 is 22.6 Å². The second-order valence-corrected chi connectivity index (χ2v) is 7.88. The molecule has 1 aliphatic heterocycles. The highest BCUT2D eigenvalue weighted by Gasteiger charge is 2.42. The number of halogens is 2. The van der Waals surface area contributed by atoms with Crippen molar-refractivity contribution in [1.82, 2.24) is 10.6 Å². The number of dihydropyridines is 1. The van der Waals surface area contributed by atoms with Gasteiger partial charge in [0.15, 0.2) is 0 Å². The fraction of sp³-hybridized carbons (Fsp3) is 0.389. The van der Waals surface area contributed by atoms with Crippen molar-refractivity contribution in [3.63, 3.8) is 0 Å². The van der Waals surface area contributed by atoms with Gasteiger partial charge in [0.25, 0.3) is 5.91 Å². The van der Waals surface area contributed by atoms with E-state index in [4.69, 9.17) is 0 Å². The third-order valence-corrected chi connectivity index (χ3v) is 5.35. The minimum Gasteiger partial charge on any atom is -0.396 e. The van der Waals surface area contributed by atoms with Crippen molar-refractivity contribution < 1.29 is 14.3 Å². The summed E-state index contributed by atoms with van der Waals surface area (Å²) in [5.41, 5.74) is 1.26. The number of benzene rings is 1. The van der Waals surface area contributed by atoms with Crippen LogP contribution in [0.4, 0.5) is 10.1 Å². The van der Waals surface area contributed by atoms with Crippen molar-refractivity contribution in [1.29, 1.82) is 0 Å². The number of aliphatic hydroxyl groups excluding tert-OH is 1. The second-order valence-electron chi connectivity index (χ2n) is 6.64. The van der Waals surface area contributed by atoms with Gasteiger partial charge in [0.1, 0.15) is 5.82 Å². The zero-order valence-corrected chi connectivity index (χ0v) is 16.1. The highest BCUT2D eigenvalue weighted by molar-refractivity contribution is 14.1. The van der Waals surface area contributed by atoms with Gasteiger partial charge < -0.3 is 21.1 Å². The van der Waals surface area contributed by atoms with Gasteiger partial charge in [-0.3, -0.25) is 4.79 Å². The first-order chi connectivity index (χ1) is 11.9. The summed E-state index contributed by atoms with van der Waals surface area (Å²) in [5.74, 6) is -0.587. The fourth-order valence-electron chi connectivity index (χ4n) is 2.72. The van der Waals surface area contributed by atoms with Gasteiger partial charge in [-0.2, -0.15) is 0 Å². The van der Waals surface area contributed by atoms with Crippen molar-refractivity contribution in [2.75, 3.05) is 18.5 Å². The molecule has 25 heavy (non-hydrogen) atoms. The van der Waals surface area contributed by atoms with Crippen LogP contribution in [-0.4, -0.2) is 30.2 Å². The molecule has 1 aliphatic carbocycles. The Kier molecular flexibility index (Phi) is 5.33. The maximum absolute atomic E-state index is 14.2. The van der Waals surface area contributed by atoms with Crippen LogP contribution in [0, 0.1) is 14.8 Å². The zero-order chi connectivity index (χ0) is 18.0. The monoisotopic (exact) mass is 457 g/mol. The quantitative estimate of drug-likeness (QED) is 0.496. The molecule has 1 heterocycles. The molecule has 0 aromatic heterocycles. The maximum atomic E-state index is 14.2. The Morgan fingerprint density at radius 3 is 2.88 bits per heavy atom. The summed E-state index contributed by atoms with van der Waals surface area (Å²) in [5, 5.41) is 18.5. The van der Waals surface area contributed by atoms with E-state index in [1.165, 1.54) is 6.07 Å². The van der Waals surface area contributed by atoms with E-state index in [2.05, 4.69) is 38.5 Å². The molecule has 134 valence electrons. The fourth-order valence-corrected chi connectivity index (χ4v) is 3.18. The number of nitrogens with one attached hydrogen (secondary N) is 3. The molecule has 2 aliphatic rings. The summed E-state index contributed by atoms with van der Waals surface area (Å²) in [6.07, 6.45) is 5.25. The minimum atomic E-state index is -0.363. The molecule has 4 N–H and O–H groups in total. The standard InChI is InChI=1S/C18H21FIN3O2/c1-11-16(23-15-3-2-12(20)8-14(15)19)13(4-7-21-11)17(25)22-9-18(10-24)5-6-18/h2-4,7-8,11,21,23-24H,5-6,9-10H2,1H3,(H,22,25). The van der Waals surface area contributed by atoms with Crippen molar-refractivity contribution in [3.05, 3.63) is 51.1 Å². The lowest BCUT2D eigenvalue weighted by molar-refractivity contribution is -0.117. The van der Waals surface area contributed by atoms with E-state index in [1.54, 1.807) is 24.4 Å². The predicted molar refractivity (Wildman–Crippen MR) is 103 cm³/mol. The van der Waals surface area contributed by atoms with Crippen LogP contribution in [0.1, 0.15) is 19.8 Å². The van der Waals surface area contributed by atoms with Crippen LogP contribution in [0.2, 0.25) is 0 Å². The molecule has 7 heteroatoms. The van der Waals surface area contributed by atoms with Crippen molar-refractivity contribution in [2.45, 2.75) is 25.8 Å². The number of carbonyl (C=O) groups is 1. The van der Waals surface area contributed by atoms with Gasteiger partial charge in [-0.15, -0.1) is 0 Å². The van der Waals surface area contributed by atoms with Gasteiger partial charge in [0.2, 0.25) is 0 Å². The number of rotatable bonds is 6. The summed E-state index contributed by atoms with van der Waals surface area (Å²) in [7, 11) is 0. The molecular weight excluding hydrogens is 436 g/mol. The van der Waals surface area contributed by atoms with E-state index in [9.17, 15) is 14.3 Å². The lowest BCUT2D eigenvalue weighted by Gasteiger charge is -2.25. The predicted octanol–water partition coefficient (Wildman–Crippen LogP) is 2.49. The number of carbonyl (C=O) groups excluding carboxylic acids is 1. The Hall–Kier alpha value is -1.61. The third-order valence-electron chi connectivity index (χ3n) is 4.68. The van der Waals surface area contributed by atoms with Gasteiger partial charge in [-0.1, -0.05) is 0 Å². The Balaban J connectivity index is 1.80. The Morgan fingerprint density at radius 1 is 1.48 bits per heavy atom. The first-order valence-electron chi connectivity index (χ1n) is 8.22. The molecule has 0 bridgehead atoms. The molecule has 1 saturated carbocycles. The van der Waals surface area contributed by atoms with Crippen molar-refractivity contribution in [2.24, 2.45) is 5.41 Å². The van der Waals surface area contributed by atoms with E-state index >= 15 is 0 Å². The van der Waals surface area contributed by atoms with Crippen LogP contribution in [0.3, 0.4) is 0 Å². The molecule has 0 radical (unpaired) electrons. The van der Waals surface area contributed by atoms with Crippen molar-refractivity contribution >= 4 is 34.2 Å². The van der Waals surface area contributed by atoms with Gasteiger partial charge in [0.05, 0.1) is 29.6 Å². The summed E-state index contributed by atoms with van der Waals surface area (Å²) in [4.78, 5) is 12.6. The molecule has 1 aromatic carbocycles. The van der Waals surface area contributed by atoms with Crippen LogP contribution in [-0.2, 0) is 4.79 Å². The van der Waals surface area contributed by atoms with E-state index in [0.717, 1.165) is 16.4 Å². The van der Waals surface area contributed by atoms with Crippen LogP contribution in [0.25, 0.3) is 0 Å². The summed E-state index contributed by atoms with van der Waals surface area (Å²) in [6.45, 7) is 2.44. The first-order valence-corrected chi connectivity index (χ1v) is 9.30. The van der Waals surface area contributed by atoms with Gasteiger partial charge in [-0.25, -0.2) is 4.39 Å². The lowest BCUT2D eigenvalue weighted by Crippen LogP contribution is -2.38. The molecule has 1 unspecified atom stereocenters. The first kappa shape index (κ1) is 18.2. The number of aliphatic hydroxyl groups is 1. The summed E-state index contributed by atoms with van der Waals surface area (Å²) in [6, 6.07) is 4.76. The third kappa shape index (κ3) is 4.14. The number of anilines is 1. The van der Waals surface area contributed by atoms with Gasteiger partial charge >= 0.3 is 0 Å². The molecule has 1 fully saturated rings. The lowest BCUT2D eigenvalue weighted by atomic mass is 10.0. The Morgan fingerprint density at radius 2 is 2.24 bits per heavy atom. The number of amides is 1. The minimum absolute atomic E-state index is 0.0824. The molecule has 0 spiro atoms. The molecule has 5 nitrogen and oxygen atoms in total. The SMILES string of the molecule is CC1NC=CC(C(=O)NCC2(CO)CC2)=C1Nc1ccc(I)cc1F. The molecular formula is C18H21FIN3O2. The normalized spacial score (nSPS) is 20.9. The molecule has 1 atom stereocenters. The van der Waals surface area contributed by atoms with E-state index in [1.807, 2.05) is 6.92 Å². The zero-order valence-electron chi connectivity index (χ0n) is 13.9. The van der Waals surface area contributed by atoms with Crippen molar-refractivity contribution in [3.8, 4) is 0 Å². The van der Waals surface area contributed by atoms with E-state index in [-0.39, 0.29) is 29.8 Å².